The number of nitrogens with zero attached hydrogens (tertiary/aromatic N) is 3. The van der Waals surface area contributed by atoms with Crippen molar-refractivity contribution in [3.8, 4) is 17.7 Å². The Balaban J connectivity index is 1.53. The highest BCUT2D eigenvalue weighted by atomic mass is 32.1. The number of furan rings is 1. The number of hydrogen-bond acceptors (Lipinski definition) is 7. The van der Waals surface area contributed by atoms with Crippen LogP contribution in [0.1, 0.15) is 35.9 Å². The monoisotopic (exact) mass is 368 g/mol. The molecule has 0 spiro atoms. The largest absolute Gasteiger partial charge is 0.459 e. The molecule has 0 saturated carbocycles. The van der Waals surface area contributed by atoms with Crippen LogP contribution in [0.5, 0.6) is 0 Å². The Hall–Kier alpha value is -2.56. The maximum atomic E-state index is 9.38. The summed E-state index contributed by atoms with van der Waals surface area (Å²) in [6.45, 7) is 2.87. The quantitative estimate of drug-likeness (QED) is 0.690. The topological polar surface area (TPSA) is 78.2 Å². The van der Waals surface area contributed by atoms with Crippen LogP contribution >= 0.6 is 11.3 Å². The van der Waals surface area contributed by atoms with Gasteiger partial charge in [0.15, 0.2) is 5.76 Å². The van der Waals surface area contributed by atoms with Gasteiger partial charge in [-0.25, -0.2) is 0 Å². The maximum absolute atomic E-state index is 9.38. The summed E-state index contributed by atoms with van der Waals surface area (Å²) >= 11 is 1.77. The van der Waals surface area contributed by atoms with E-state index in [1.807, 2.05) is 0 Å². The summed E-state index contributed by atoms with van der Waals surface area (Å²) in [6.07, 6.45) is 5.32. The number of thiophene rings is 1. The molecule has 3 aromatic heterocycles. The highest BCUT2D eigenvalue weighted by Crippen LogP contribution is 2.30. The fourth-order valence-corrected chi connectivity index (χ4v) is 4.19. The lowest BCUT2D eigenvalue weighted by molar-refractivity contribution is 0.172. The van der Waals surface area contributed by atoms with E-state index in [-0.39, 0.29) is 11.7 Å². The Morgan fingerprint density at radius 2 is 2.15 bits per heavy atom. The fraction of sp³-hybridized carbons (Fsp3) is 0.368. The third-order valence-corrected chi connectivity index (χ3v) is 5.60. The van der Waals surface area contributed by atoms with Crippen LogP contribution in [-0.4, -0.2) is 29.5 Å². The van der Waals surface area contributed by atoms with Crippen molar-refractivity contribution in [2.24, 2.45) is 0 Å². The minimum Gasteiger partial charge on any atom is -0.459 e. The van der Waals surface area contributed by atoms with E-state index >= 15 is 0 Å². The summed E-state index contributed by atoms with van der Waals surface area (Å²) in [5.74, 6) is 1.23. The number of aromatic nitrogens is 1. The van der Waals surface area contributed by atoms with E-state index in [0.717, 1.165) is 13.1 Å². The van der Waals surface area contributed by atoms with Gasteiger partial charge in [-0.2, -0.15) is 10.2 Å². The molecule has 3 aromatic rings. The second-order valence-corrected chi connectivity index (χ2v) is 7.27. The Kier molecular flexibility index (Phi) is 5.04. The van der Waals surface area contributed by atoms with Gasteiger partial charge in [-0.05, 0) is 49.5 Å². The minimum atomic E-state index is 0.250. The minimum absolute atomic E-state index is 0.250. The first-order valence-electron chi connectivity index (χ1n) is 8.81. The lowest BCUT2D eigenvalue weighted by Crippen LogP contribution is -2.36. The van der Waals surface area contributed by atoms with Gasteiger partial charge in [-0.1, -0.05) is 12.5 Å². The molecule has 1 atom stereocenters. The molecule has 4 heterocycles. The first-order valence-corrected chi connectivity index (χ1v) is 9.69. The van der Waals surface area contributed by atoms with E-state index in [1.165, 1.54) is 24.1 Å². The number of rotatable bonds is 6. The van der Waals surface area contributed by atoms with Crippen LogP contribution in [0.15, 0.2) is 44.7 Å². The predicted octanol–water partition coefficient (Wildman–Crippen LogP) is 4.51. The number of anilines is 1. The van der Waals surface area contributed by atoms with Crippen molar-refractivity contribution in [1.29, 1.82) is 5.26 Å². The van der Waals surface area contributed by atoms with Gasteiger partial charge in [0.1, 0.15) is 6.07 Å². The van der Waals surface area contributed by atoms with Gasteiger partial charge in [0.25, 0.3) is 5.89 Å². The molecule has 0 bridgehead atoms. The SMILES string of the molecule is N#Cc1nc(-c2ccco2)oc1NCC(c1cccs1)N1CCCCC1. The molecular formula is C19H20N4O2S. The maximum Gasteiger partial charge on any atom is 0.266 e. The van der Waals surface area contributed by atoms with Crippen molar-refractivity contribution in [3.63, 3.8) is 0 Å². The number of oxazole rings is 1. The number of piperidine rings is 1. The summed E-state index contributed by atoms with van der Waals surface area (Å²) in [5.41, 5.74) is 0.250. The Morgan fingerprint density at radius 1 is 1.27 bits per heavy atom. The molecule has 4 rings (SSSR count). The highest BCUT2D eigenvalue weighted by molar-refractivity contribution is 7.10. The fourth-order valence-electron chi connectivity index (χ4n) is 3.33. The molecule has 1 fully saturated rings. The molecule has 7 heteroatoms. The van der Waals surface area contributed by atoms with E-state index in [4.69, 9.17) is 8.83 Å². The van der Waals surface area contributed by atoms with Crippen LogP contribution in [-0.2, 0) is 0 Å². The van der Waals surface area contributed by atoms with Crippen molar-refractivity contribution in [3.05, 3.63) is 46.5 Å². The van der Waals surface area contributed by atoms with Crippen LogP contribution in [0.3, 0.4) is 0 Å². The molecule has 0 aliphatic carbocycles. The second kappa shape index (κ2) is 7.77. The van der Waals surface area contributed by atoms with E-state index in [1.54, 1.807) is 29.7 Å². The van der Waals surface area contributed by atoms with E-state index in [9.17, 15) is 5.26 Å². The third kappa shape index (κ3) is 3.52. The summed E-state index contributed by atoms with van der Waals surface area (Å²) in [6, 6.07) is 10.1. The Morgan fingerprint density at radius 3 is 2.85 bits per heavy atom. The number of nitrogens with one attached hydrogen (secondary N) is 1. The van der Waals surface area contributed by atoms with Gasteiger partial charge in [0.05, 0.1) is 12.3 Å². The molecule has 26 heavy (non-hydrogen) atoms. The van der Waals surface area contributed by atoms with Gasteiger partial charge in [0, 0.05) is 11.4 Å². The third-order valence-electron chi connectivity index (χ3n) is 4.62. The Labute approximate surface area is 156 Å². The van der Waals surface area contributed by atoms with Crippen molar-refractivity contribution in [2.75, 3.05) is 25.0 Å². The standard InChI is InChI=1S/C19H20N4O2S/c20-12-14-18(25-19(22-14)16-6-4-10-24-16)21-13-15(17-7-5-11-26-17)23-8-2-1-3-9-23/h4-7,10-11,15,21H,1-3,8-9,13H2. The molecule has 134 valence electrons. The summed E-state index contributed by atoms with van der Waals surface area (Å²) in [4.78, 5) is 8.06. The smallest absolute Gasteiger partial charge is 0.266 e. The molecular weight excluding hydrogens is 348 g/mol. The zero-order valence-electron chi connectivity index (χ0n) is 14.4. The molecule has 0 radical (unpaired) electrons. The average molecular weight is 368 g/mol. The second-order valence-electron chi connectivity index (χ2n) is 6.29. The predicted molar refractivity (Wildman–Crippen MR) is 99.9 cm³/mol. The zero-order valence-corrected chi connectivity index (χ0v) is 15.2. The van der Waals surface area contributed by atoms with Crippen LogP contribution in [0, 0.1) is 11.3 Å². The lowest BCUT2D eigenvalue weighted by atomic mass is 10.1. The molecule has 1 unspecified atom stereocenters. The van der Waals surface area contributed by atoms with Gasteiger partial charge in [-0.3, -0.25) is 4.90 Å². The van der Waals surface area contributed by atoms with Crippen LogP contribution in [0.25, 0.3) is 11.7 Å². The van der Waals surface area contributed by atoms with Crippen LogP contribution in [0.4, 0.5) is 5.88 Å². The normalized spacial score (nSPS) is 16.3. The summed E-state index contributed by atoms with van der Waals surface area (Å²) in [5, 5.41) is 14.8. The Bertz CT molecular complexity index is 858. The van der Waals surface area contributed by atoms with Crippen molar-refractivity contribution in [1.82, 2.24) is 9.88 Å². The molecule has 1 N–H and O–H groups in total. The number of nitriles is 1. The van der Waals surface area contributed by atoms with Crippen LogP contribution < -0.4 is 5.32 Å². The lowest BCUT2D eigenvalue weighted by Gasteiger charge is -2.34. The molecule has 1 saturated heterocycles. The van der Waals surface area contributed by atoms with Crippen molar-refractivity contribution < 1.29 is 8.83 Å². The van der Waals surface area contributed by atoms with Gasteiger partial charge in [0.2, 0.25) is 11.6 Å². The molecule has 1 aliphatic rings. The highest BCUT2D eigenvalue weighted by Gasteiger charge is 2.24. The van der Waals surface area contributed by atoms with Gasteiger partial charge >= 0.3 is 0 Å². The first kappa shape index (κ1) is 16.9. The molecule has 6 nitrogen and oxygen atoms in total. The van der Waals surface area contributed by atoms with E-state index in [0.29, 0.717) is 24.1 Å². The van der Waals surface area contributed by atoms with E-state index in [2.05, 4.69) is 38.8 Å². The molecule has 1 aliphatic heterocycles. The summed E-state index contributed by atoms with van der Waals surface area (Å²) in [7, 11) is 0. The van der Waals surface area contributed by atoms with Crippen LogP contribution in [0.2, 0.25) is 0 Å². The first-order chi connectivity index (χ1) is 12.8. The molecule has 0 amide bonds. The summed E-state index contributed by atoms with van der Waals surface area (Å²) < 4.78 is 11.1. The number of likely N-dealkylation sites (tertiary alicyclic amines) is 1. The van der Waals surface area contributed by atoms with Gasteiger partial charge < -0.3 is 14.2 Å². The average Bonchev–Trinajstić information content (AvgIpc) is 3.44. The molecule has 0 aromatic carbocycles. The zero-order chi connectivity index (χ0) is 17.8. The number of hydrogen-bond donors (Lipinski definition) is 1. The van der Waals surface area contributed by atoms with Gasteiger partial charge in [-0.15, -0.1) is 11.3 Å². The van der Waals surface area contributed by atoms with E-state index < -0.39 is 0 Å². The van der Waals surface area contributed by atoms with Crippen molar-refractivity contribution >= 4 is 17.2 Å². The van der Waals surface area contributed by atoms with Crippen molar-refractivity contribution in [2.45, 2.75) is 25.3 Å².